The van der Waals surface area contributed by atoms with E-state index in [1.54, 1.807) is 23.9 Å². The number of carboxylic acids is 1. The lowest BCUT2D eigenvalue weighted by Gasteiger charge is -2.10. The topological polar surface area (TPSA) is 46.5 Å². The van der Waals surface area contributed by atoms with Gasteiger partial charge >= 0.3 is 5.97 Å². The Morgan fingerprint density at radius 2 is 1.80 bits per heavy atom. The summed E-state index contributed by atoms with van der Waals surface area (Å²) in [6.07, 6.45) is 0.613. The first-order valence-corrected chi connectivity index (χ1v) is 9.12. The molecule has 2 aromatic rings. The molecule has 0 saturated heterocycles. The van der Waals surface area contributed by atoms with Gasteiger partial charge in [0.15, 0.2) is 0 Å². The summed E-state index contributed by atoms with van der Waals surface area (Å²) in [5.74, 6) is -0.563. The number of aliphatic carboxylic acids is 1. The van der Waals surface area contributed by atoms with Gasteiger partial charge in [-0.15, -0.1) is 0 Å². The molecule has 0 aliphatic carbocycles. The lowest BCUT2D eigenvalue weighted by atomic mass is 10.1. The van der Waals surface area contributed by atoms with E-state index < -0.39 is 17.6 Å². The summed E-state index contributed by atoms with van der Waals surface area (Å²) in [5.41, 5.74) is 0.941. The van der Waals surface area contributed by atoms with Gasteiger partial charge in [0, 0.05) is 11.5 Å². The lowest BCUT2D eigenvalue weighted by Crippen LogP contribution is -2.15. The van der Waals surface area contributed by atoms with Gasteiger partial charge in [-0.25, -0.2) is 8.78 Å². The van der Waals surface area contributed by atoms with E-state index in [4.69, 9.17) is 9.84 Å². The normalized spacial score (nSPS) is 12.0. The van der Waals surface area contributed by atoms with E-state index in [0.717, 1.165) is 5.56 Å². The molecule has 0 radical (unpaired) electrons. The number of rotatable bonds is 9. The molecule has 0 amide bonds. The Kier molecular flexibility index (Phi) is 7.25. The van der Waals surface area contributed by atoms with Crippen LogP contribution in [0.1, 0.15) is 24.5 Å². The molecule has 6 heteroatoms. The van der Waals surface area contributed by atoms with Crippen LogP contribution in [0.4, 0.5) is 8.78 Å². The number of hydrogen-bond acceptors (Lipinski definition) is 3. The van der Waals surface area contributed by atoms with Gasteiger partial charge in [-0.3, -0.25) is 4.79 Å². The molecule has 0 bridgehead atoms. The average molecular weight is 366 g/mol. The monoisotopic (exact) mass is 366 g/mol. The third-order valence-corrected chi connectivity index (χ3v) is 4.97. The van der Waals surface area contributed by atoms with Gasteiger partial charge < -0.3 is 9.84 Å². The summed E-state index contributed by atoms with van der Waals surface area (Å²) in [6.45, 7) is 1.69. The molecule has 0 aliphatic rings. The number of carbonyl (C=O) groups is 1. The van der Waals surface area contributed by atoms with Gasteiger partial charge in [-0.05, 0) is 36.2 Å². The van der Waals surface area contributed by atoms with Crippen LogP contribution in [0, 0.1) is 17.6 Å². The molecule has 0 saturated carbocycles. The van der Waals surface area contributed by atoms with Crippen molar-refractivity contribution in [3.8, 4) is 5.75 Å². The van der Waals surface area contributed by atoms with Gasteiger partial charge in [0.2, 0.25) is 0 Å². The van der Waals surface area contributed by atoms with Crippen molar-refractivity contribution in [2.45, 2.75) is 25.7 Å². The first-order chi connectivity index (χ1) is 12.0. The number of halogens is 2. The number of ether oxygens (including phenoxy) is 1. The molecule has 25 heavy (non-hydrogen) atoms. The van der Waals surface area contributed by atoms with E-state index in [-0.39, 0.29) is 18.1 Å². The van der Waals surface area contributed by atoms with Gasteiger partial charge in [0.25, 0.3) is 0 Å². The predicted octanol–water partition coefficient (Wildman–Crippen LogP) is 4.89. The van der Waals surface area contributed by atoms with E-state index in [2.05, 4.69) is 0 Å². The molecule has 0 fully saturated rings. The highest BCUT2D eigenvalue weighted by molar-refractivity contribution is 7.98. The van der Waals surface area contributed by atoms with E-state index in [9.17, 15) is 13.6 Å². The van der Waals surface area contributed by atoms with Crippen molar-refractivity contribution in [1.82, 2.24) is 0 Å². The second kappa shape index (κ2) is 9.42. The van der Waals surface area contributed by atoms with E-state index in [1.165, 1.54) is 18.2 Å². The predicted molar refractivity (Wildman–Crippen MR) is 94.7 cm³/mol. The summed E-state index contributed by atoms with van der Waals surface area (Å²) in [6, 6.07) is 10.9. The zero-order valence-electron chi connectivity index (χ0n) is 13.9. The van der Waals surface area contributed by atoms with Crippen molar-refractivity contribution in [2.24, 2.45) is 5.92 Å². The first-order valence-electron chi connectivity index (χ1n) is 7.96. The molecule has 2 rings (SSSR count). The van der Waals surface area contributed by atoms with Crippen LogP contribution >= 0.6 is 11.8 Å². The number of hydrogen-bond donors (Lipinski definition) is 1. The fourth-order valence-corrected chi connectivity index (χ4v) is 3.40. The summed E-state index contributed by atoms with van der Waals surface area (Å²) < 4.78 is 32.5. The molecule has 0 aliphatic heterocycles. The third kappa shape index (κ3) is 5.74. The van der Waals surface area contributed by atoms with Crippen LogP contribution in [0.2, 0.25) is 0 Å². The third-order valence-electron chi connectivity index (χ3n) is 3.80. The molecule has 1 N–H and O–H groups in total. The van der Waals surface area contributed by atoms with Crippen molar-refractivity contribution >= 4 is 17.7 Å². The maximum Gasteiger partial charge on any atom is 0.307 e. The quantitative estimate of drug-likeness (QED) is 0.686. The summed E-state index contributed by atoms with van der Waals surface area (Å²) in [5, 5.41) is 9.02. The van der Waals surface area contributed by atoms with Crippen LogP contribution in [-0.2, 0) is 17.2 Å². The van der Waals surface area contributed by atoms with Crippen LogP contribution < -0.4 is 4.74 Å². The molecule has 134 valence electrons. The van der Waals surface area contributed by atoms with Crippen molar-refractivity contribution in [3.05, 3.63) is 65.2 Å². The SMILES string of the molecule is CCC(CSCc1ccc(OCc2c(F)cccc2F)cc1)C(=O)O. The van der Waals surface area contributed by atoms with Crippen LogP contribution in [0.15, 0.2) is 42.5 Å². The molecule has 1 atom stereocenters. The molecule has 0 spiro atoms. The second-order valence-electron chi connectivity index (χ2n) is 5.59. The van der Waals surface area contributed by atoms with E-state index >= 15 is 0 Å². The van der Waals surface area contributed by atoms with Crippen molar-refractivity contribution in [2.75, 3.05) is 5.75 Å². The van der Waals surface area contributed by atoms with Gasteiger partial charge in [-0.2, -0.15) is 11.8 Å². The summed E-state index contributed by atoms with van der Waals surface area (Å²) in [4.78, 5) is 11.0. The Morgan fingerprint density at radius 3 is 2.36 bits per heavy atom. The fraction of sp³-hybridized carbons (Fsp3) is 0.316. The highest BCUT2D eigenvalue weighted by atomic mass is 32.2. The fourth-order valence-electron chi connectivity index (χ4n) is 2.19. The largest absolute Gasteiger partial charge is 0.489 e. The van der Waals surface area contributed by atoms with Crippen LogP contribution in [0.5, 0.6) is 5.75 Å². The van der Waals surface area contributed by atoms with Crippen LogP contribution in [-0.4, -0.2) is 16.8 Å². The molecule has 1 unspecified atom stereocenters. The van der Waals surface area contributed by atoms with Crippen LogP contribution in [0.25, 0.3) is 0 Å². The van der Waals surface area contributed by atoms with Gasteiger partial charge in [-0.1, -0.05) is 25.1 Å². The second-order valence-corrected chi connectivity index (χ2v) is 6.62. The zero-order chi connectivity index (χ0) is 18.2. The Balaban J connectivity index is 1.84. The maximum absolute atomic E-state index is 13.5. The first kappa shape index (κ1) is 19.2. The number of thioether (sulfide) groups is 1. The minimum absolute atomic E-state index is 0.0959. The van der Waals surface area contributed by atoms with Crippen molar-refractivity contribution in [3.63, 3.8) is 0 Å². The van der Waals surface area contributed by atoms with E-state index in [1.807, 2.05) is 19.1 Å². The highest BCUT2D eigenvalue weighted by Crippen LogP contribution is 2.21. The molecule has 0 aromatic heterocycles. The lowest BCUT2D eigenvalue weighted by molar-refractivity contribution is -0.140. The summed E-state index contributed by atoms with van der Waals surface area (Å²) >= 11 is 1.57. The minimum Gasteiger partial charge on any atom is -0.489 e. The standard InChI is InChI=1S/C19H20F2O3S/c1-2-14(19(22)23)12-25-11-13-6-8-15(9-7-13)24-10-16-17(20)4-3-5-18(16)21/h3-9,14H,2,10-12H2,1H3,(H,22,23). The Morgan fingerprint density at radius 1 is 1.16 bits per heavy atom. The Hall–Kier alpha value is -2.08. The van der Waals surface area contributed by atoms with Gasteiger partial charge in [0.05, 0.1) is 11.5 Å². The molecular formula is C19H20F2O3S. The molecule has 3 nitrogen and oxygen atoms in total. The Bertz CT molecular complexity index is 684. The molecule has 0 heterocycles. The Labute approximate surface area is 150 Å². The summed E-state index contributed by atoms with van der Waals surface area (Å²) in [7, 11) is 0. The number of benzene rings is 2. The number of carboxylic acid groups (broad SMARTS) is 1. The smallest absolute Gasteiger partial charge is 0.307 e. The van der Waals surface area contributed by atoms with Crippen molar-refractivity contribution in [1.29, 1.82) is 0 Å². The minimum atomic E-state index is -0.765. The maximum atomic E-state index is 13.5. The van der Waals surface area contributed by atoms with E-state index in [0.29, 0.717) is 23.7 Å². The highest BCUT2D eigenvalue weighted by Gasteiger charge is 2.14. The van der Waals surface area contributed by atoms with Crippen molar-refractivity contribution < 1.29 is 23.4 Å². The zero-order valence-corrected chi connectivity index (χ0v) is 14.7. The van der Waals surface area contributed by atoms with Gasteiger partial charge in [0.1, 0.15) is 24.0 Å². The molecular weight excluding hydrogens is 346 g/mol. The average Bonchev–Trinajstić information content (AvgIpc) is 2.59. The van der Waals surface area contributed by atoms with Crippen LogP contribution in [0.3, 0.4) is 0 Å². The molecule has 2 aromatic carbocycles.